The summed E-state index contributed by atoms with van der Waals surface area (Å²) in [6.45, 7) is 2.35. The summed E-state index contributed by atoms with van der Waals surface area (Å²) in [4.78, 5) is 8.93. The van der Waals surface area contributed by atoms with Gasteiger partial charge < -0.3 is 24.4 Å². The zero-order valence-corrected chi connectivity index (χ0v) is 20.4. The lowest BCUT2D eigenvalue weighted by Crippen LogP contribution is -2.39. The highest BCUT2D eigenvalue weighted by molar-refractivity contribution is 5.90. The maximum absolute atomic E-state index is 13.8. The number of piperidine rings is 2. The average Bonchev–Trinajstić information content (AvgIpc) is 3.27. The van der Waals surface area contributed by atoms with E-state index < -0.39 is 5.92 Å². The Hall–Kier alpha value is -3.69. The molecule has 0 amide bonds. The predicted molar refractivity (Wildman–Crippen MR) is 137 cm³/mol. The summed E-state index contributed by atoms with van der Waals surface area (Å²) in [5.74, 6) is -1.48. The van der Waals surface area contributed by atoms with Crippen LogP contribution in [0.1, 0.15) is 38.5 Å². The van der Waals surface area contributed by atoms with Gasteiger partial charge in [0.2, 0.25) is 5.89 Å². The SMILES string of the molecule is Nc1ccc(-c2nnc(-c3cc4ccoc4c(N4CCC(F)(F)CC4)n3)o2)c(N2CCC3(CC2)CC3)c1. The van der Waals surface area contributed by atoms with Gasteiger partial charge in [0.1, 0.15) is 5.69 Å². The van der Waals surface area contributed by atoms with Crippen LogP contribution in [0.25, 0.3) is 34.0 Å². The first-order valence-electron chi connectivity index (χ1n) is 12.9. The number of hydrogen-bond acceptors (Lipinski definition) is 8. The highest BCUT2D eigenvalue weighted by Crippen LogP contribution is 2.54. The Morgan fingerprint density at radius 2 is 1.57 bits per heavy atom. The summed E-state index contributed by atoms with van der Waals surface area (Å²) < 4.78 is 39.4. The minimum absolute atomic E-state index is 0.195. The van der Waals surface area contributed by atoms with Crippen molar-refractivity contribution in [2.75, 3.05) is 41.7 Å². The first-order valence-corrected chi connectivity index (χ1v) is 12.9. The second-order valence-electron chi connectivity index (χ2n) is 10.7. The number of aromatic nitrogens is 3. The third kappa shape index (κ3) is 4.08. The molecular formula is C27H28F2N6O2. The summed E-state index contributed by atoms with van der Waals surface area (Å²) in [6.07, 6.45) is 6.20. The first kappa shape index (κ1) is 22.5. The highest BCUT2D eigenvalue weighted by Gasteiger charge is 2.44. The van der Waals surface area contributed by atoms with Crippen molar-refractivity contribution in [2.45, 2.75) is 44.4 Å². The Labute approximate surface area is 212 Å². The molecule has 0 bridgehead atoms. The molecule has 2 aliphatic heterocycles. The number of benzene rings is 1. The van der Waals surface area contributed by atoms with Crippen LogP contribution in [0.5, 0.6) is 0 Å². The molecule has 1 spiro atoms. The molecular weight excluding hydrogens is 478 g/mol. The Balaban J connectivity index is 1.22. The van der Waals surface area contributed by atoms with Crippen LogP contribution in [0, 0.1) is 5.41 Å². The summed E-state index contributed by atoms with van der Waals surface area (Å²) in [5.41, 5.74) is 10.3. The van der Waals surface area contributed by atoms with Gasteiger partial charge in [-0.25, -0.2) is 13.8 Å². The van der Waals surface area contributed by atoms with E-state index in [4.69, 9.17) is 19.6 Å². The van der Waals surface area contributed by atoms with Gasteiger partial charge in [-0.3, -0.25) is 0 Å². The van der Waals surface area contributed by atoms with Crippen LogP contribution in [0.15, 0.2) is 45.4 Å². The maximum Gasteiger partial charge on any atom is 0.266 e. The lowest BCUT2D eigenvalue weighted by atomic mass is 9.93. The summed E-state index contributed by atoms with van der Waals surface area (Å²) in [5, 5.41) is 9.46. The summed E-state index contributed by atoms with van der Waals surface area (Å²) in [7, 11) is 0. The minimum Gasteiger partial charge on any atom is -0.460 e. The molecule has 2 N–H and O–H groups in total. The number of pyridine rings is 1. The van der Waals surface area contributed by atoms with Crippen molar-refractivity contribution in [1.82, 2.24) is 15.2 Å². The van der Waals surface area contributed by atoms with Crippen molar-refractivity contribution in [1.29, 1.82) is 0 Å². The van der Waals surface area contributed by atoms with Crippen molar-refractivity contribution in [3.63, 3.8) is 0 Å². The number of halogens is 2. The van der Waals surface area contributed by atoms with Crippen LogP contribution in [-0.2, 0) is 0 Å². The molecule has 5 heterocycles. The first-order chi connectivity index (χ1) is 17.9. The summed E-state index contributed by atoms with van der Waals surface area (Å²) >= 11 is 0. The fourth-order valence-electron chi connectivity index (χ4n) is 5.65. The minimum atomic E-state index is -2.65. The number of nitrogens with zero attached hydrogens (tertiary/aromatic N) is 5. The van der Waals surface area contributed by atoms with Gasteiger partial charge >= 0.3 is 0 Å². The van der Waals surface area contributed by atoms with Crippen LogP contribution in [0.4, 0.5) is 26.0 Å². The van der Waals surface area contributed by atoms with Crippen molar-refractivity contribution in [3.05, 3.63) is 36.6 Å². The molecule has 7 rings (SSSR count). The van der Waals surface area contributed by atoms with Crippen LogP contribution in [-0.4, -0.2) is 47.3 Å². The second-order valence-corrected chi connectivity index (χ2v) is 10.7. The monoisotopic (exact) mass is 506 g/mol. The standard InChI is InChI=1S/C27H28F2N6O2/c28-27(29)8-12-35(13-9-27)23-22-17(3-14-36-22)15-20(31-23)25-33-32-24(37-25)19-2-1-18(30)16-21(19)34-10-6-26(4-5-26)7-11-34/h1-3,14-16H,4-13,30H2. The van der Waals surface area contributed by atoms with E-state index in [-0.39, 0.29) is 31.8 Å². The van der Waals surface area contributed by atoms with E-state index >= 15 is 0 Å². The molecule has 192 valence electrons. The number of furan rings is 1. The van der Waals surface area contributed by atoms with Crippen LogP contribution in [0.3, 0.4) is 0 Å². The Morgan fingerprint density at radius 1 is 0.838 bits per heavy atom. The average molecular weight is 507 g/mol. The molecule has 37 heavy (non-hydrogen) atoms. The van der Waals surface area contributed by atoms with Crippen molar-refractivity contribution < 1.29 is 17.6 Å². The zero-order valence-electron chi connectivity index (χ0n) is 20.4. The molecule has 1 aromatic carbocycles. The van der Waals surface area contributed by atoms with Crippen LogP contribution < -0.4 is 15.5 Å². The second kappa shape index (κ2) is 8.16. The van der Waals surface area contributed by atoms with E-state index in [1.807, 2.05) is 35.2 Å². The molecule has 4 aromatic rings. The van der Waals surface area contributed by atoms with Crippen molar-refractivity contribution in [2.24, 2.45) is 5.41 Å². The predicted octanol–water partition coefficient (Wildman–Crippen LogP) is 5.74. The third-order valence-corrected chi connectivity index (χ3v) is 8.23. The molecule has 0 radical (unpaired) electrons. The Morgan fingerprint density at radius 3 is 2.32 bits per heavy atom. The topological polar surface area (TPSA) is 97.4 Å². The molecule has 3 fully saturated rings. The normalized spacial score (nSPS) is 20.6. The van der Waals surface area contributed by atoms with E-state index in [0.29, 0.717) is 34.1 Å². The lowest BCUT2D eigenvalue weighted by Gasteiger charge is -2.34. The molecule has 2 saturated heterocycles. The molecule has 3 aromatic heterocycles. The fourth-order valence-corrected chi connectivity index (χ4v) is 5.65. The van der Waals surface area contributed by atoms with E-state index in [1.54, 1.807) is 6.26 Å². The number of nitrogen functional groups attached to an aromatic ring is 1. The molecule has 10 heteroatoms. The highest BCUT2D eigenvalue weighted by atomic mass is 19.3. The van der Waals surface area contributed by atoms with Gasteiger partial charge in [0, 0.05) is 50.1 Å². The number of hydrogen-bond donors (Lipinski definition) is 1. The van der Waals surface area contributed by atoms with Crippen LogP contribution >= 0.6 is 0 Å². The Bertz CT molecular complexity index is 1460. The van der Waals surface area contributed by atoms with E-state index in [9.17, 15) is 8.78 Å². The van der Waals surface area contributed by atoms with E-state index in [1.165, 1.54) is 25.7 Å². The molecule has 0 unspecified atom stereocenters. The van der Waals surface area contributed by atoms with Crippen molar-refractivity contribution >= 4 is 28.2 Å². The quantitative estimate of drug-likeness (QED) is 0.350. The van der Waals surface area contributed by atoms with Crippen molar-refractivity contribution in [3.8, 4) is 23.0 Å². The number of rotatable bonds is 4. The maximum atomic E-state index is 13.8. The molecule has 3 aliphatic rings. The van der Waals surface area contributed by atoms with Crippen LogP contribution in [0.2, 0.25) is 0 Å². The number of alkyl halides is 2. The number of anilines is 3. The van der Waals surface area contributed by atoms with Gasteiger partial charge in [0.05, 0.1) is 17.5 Å². The molecule has 1 aliphatic carbocycles. The van der Waals surface area contributed by atoms with Gasteiger partial charge in [-0.1, -0.05) is 0 Å². The Kier molecular flexibility index (Phi) is 4.96. The number of fused-ring (bicyclic) bond motifs is 1. The lowest BCUT2D eigenvalue weighted by molar-refractivity contribution is -0.0221. The molecule has 8 nitrogen and oxygen atoms in total. The van der Waals surface area contributed by atoms with Gasteiger partial charge in [0.15, 0.2) is 11.4 Å². The summed E-state index contributed by atoms with van der Waals surface area (Å²) in [6, 6.07) is 9.39. The third-order valence-electron chi connectivity index (χ3n) is 8.23. The van der Waals surface area contributed by atoms with E-state index in [2.05, 4.69) is 15.1 Å². The van der Waals surface area contributed by atoms with Gasteiger partial charge in [-0.05, 0) is 61.4 Å². The van der Waals surface area contributed by atoms with E-state index in [0.717, 1.165) is 29.7 Å². The molecule has 1 saturated carbocycles. The largest absolute Gasteiger partial charge is 0.460 e. The number of nitrogens with two attached hydrogens (primary N) is 1. The van der Waals surface area contributed by atoms with Gasteiger partial charge in [-0.15, -0.1) is 10.2 Å². The fraction of sp³-hybridized carbons (Fsp3) is 0.444. The van der Waals surface area contributed by atoms with Gasteiger partial charge in [0.25, 0.3) is 11.8 Å². The smallest absolute Gasteiger partial charge is 0.266 e. The molecule has 0 atom stereocenters. The van der Waals surface area contributed by atoms with Gasteiger partial charge in [-0.2, -0.15) is 0 Å². The zero-order chi connectivity index (χ0) is 25.2.